The molecule has 0 radical (unpaired) electrons. The van der Waals surface area contributed by atoms with Gasteiger partial charge >= 0.3 is 0 Å². The second-order valence-electron chi connectivity index (χ2n) is 6.92. The summed E-state index contributed by atoms with van der Waals surface area (Å²) < 4.78 is 0. The SMILES string of the molecule is Cc1ccc(C2=NC(c3ccc(C)nc3)=NC(c3ccc(C)cc3)N2)cc1. The maximum Gasteiger partial charge on any atom is 0.160 e. The van der Waals surface area contributed by atoms with Crippen molar-refractivity contribution in [3.05, 3.63) is 100 Å². The molecule has 1 N–H and O–H groups in total. The molecule has 4 rings (SSSR count). The lowest BCUT2D eigenvalue weighted by Crippen LogP contribution is -2.33. The van der Waals surface area contributed by atoms with Gasteiger partial charge in [-0.05, 0) is 38.5 Å². The molecule has 0 bridgehead atoms. The van der Waals surface area contributed by atoms with Crippen molar-refractivity contribution < 1.29 is 0 Å². The van der Waals surface area contributed by atoms with Crippen LogP contribution in [0.3, 0.4) is 0 Å². The lowest BCUT2D eigenvalue weighted by molar-refractivity contribution is 0.674. The number of rotatable bonds is 3. The Morgan fingerprint density at radius 3 is 2.00 bits per heavy atom. The fraction of sp³-hybridized carbons (Fsp3) is 0.174. The number of nitrogens with one attached hydrogen (secondary N) is 1. The van der Waals surface area contributed by atoms with Crippen LogP contribution in [0.15, 0.2) is 76.8 Å². The number of pyridine rings is 1. The van der Waals surface area contributed by atoms with Crippen LogP contribution in [0.25, 0.3) is 0 Å². The van der Waals surface area contributed by atoms with Gasteiger partial charge in [-0.2, -0.15) is 0 Å². The van der Waals surface area contributed by atoms with Crippen LogP contribution in [0, 0.1) is 20.8 Å². The van der Waals surface area contributed by atoms with Crippen molar-refractivity contribution in [2.45, 2.75) is 26.9 Å². The largest absolute Gasteiger partial charge is 0.344 e. The molecule has 1 unspecified atom stereocenters. The fourth-order valence-electron chi connectivity index (χ4n) is 2.96. The quantitative estimate of drug-likeness (QED) is 0.753. The van der Waals surface area contributed by atoms with Crippen molar-refractivity contribution in [1.29, 1.82) is 0 Å². The molecule has 1 atom stereocenters. The number of aryl methyl sites for hydroxylation is 3. The Bertz CT molecular complexity index is 998. The molecule has 1 aromatic heterocycles. The molecule has 4 heteroatoms. The normalized spacial score (nSPS) is 16.3. The number of nitrogens with zero attached hydrogens (tertiary/aromatic N) is 3. The van der Waals surface area contributed by atoms with Gasteiger partial charge in [-0.1, -0.05) is 59.7 Å². The molecule has 27 heavy (non-hydrogen) atoms. The van der Waals surface area contributed by atoms with Gasteiger partial charge in [0.05, 0.1) is 0 Å². The molecule has 1 aliphatic heterocycles. The Kier molecular flexibility index (Phi) is 4.55. The highest BCUT2D eigenvalue weighted by Gasteiger charge is 2.20. The Morgan fingerprint density at radius 1 is 0.741 bits per heavy atom. The minimum atomic E-state index is -0.185. The molecule has 2 aromatic carbocycles. The predicted molar refractivity (Wildman–Crippen MR) is 110 cm³/mol. The van der Waals surface area contributed by atoms with E-state index in [0.717, 1.165) is 28.2 Å². The van der Waals surface area contributed by atoms with E-state index >= 15 is 0 Å². The molecule has 0 fully saturated rings. The highest BCUT2D eigenvalue weighted by atomic mass is 15.2. The zero-order valence-corrected chi connectivity index (χ0v) is 15.8. The Hall–Kier alpha value is -3.27. The summed E-state index contributed by atoms with van der Waals surface area (Å²) in [5.41, 5.74) is 6.51. The number of aliphatic imine (C=N–C) groups is 2. The zero-order chi connectivity index (χ0) is 18.8. The van der Waals surface area contributed by atoms with Gasteiger partial charge in [0.2, 0.25) is 0 Å². The molecule has 4 nitrogen and oxygen atoms in total. The third-order valence-electron chi connectivity index (χ3n) is 4.63. The van der Waals surface area contributed by atoms with E-state index in [1.54, 1.807) is 0 Å². The molecule has 0 saturated heterocycles. The third kappa shape index (κ3) is 3.80. The molecule has 1 aliphatic rings. The molecule has 0 spiro atoms. The van der Waals surface area contributed by atoms with Gasteiger partial charge in [-0.3, -0.25) is 4.98 Å². The minimum Gasteiger partial charge on any atom is -0.344 e. The molecular formula is C23H22N4. The first-order chi connectivity index (χ1) is 13.1. The summed E-state index contributed by atoms with van der Waals surface area (Å²) in [6, 6.07) is 20.8. The van der Waals surface area contributed by atoms with Crippen LogP contribution in [0.4, 0.5) is 0 Å². The Labute approximate surface area is 159 Å². The van der Waals surface area contributed by atoms with E-state index < -0.39 is 0 Å². The van der Waals surface area contributed by atoms with E-state index in [-0.39, 0.29) is 6.17 Å². The standard InChI is InChI=1S/C23H22N4/c1-15-4-9-18(10-5-15)21-25-22(19-11-6-16(2)7-12-19)27-23(26-21)20-13-8-17(3)24-14-20/h4-14,21H,1-3H3,(H,25,26,27). The van der Waals surface area contributed by atoms with E-state index in [1.807, 2.05) is 25.3 Å². The van der Waals surface area contributed by atoms with Gasteiger partial charge in [-0.25, -0.2) is 9.98 Å². The van der Waals surface area contributed by atoms with E-state index in [1.165, 1.54) is 11.1 Å². The number of amidine groups is 2. The lowest BCUT2D eigenvalue weighted by Gasteiger charge is -2.23. The van der Waals surface area contributed by atoms with Gasteiger partial charge in [0.1, 0.15) is 12.0 Å². The van der Waals surface area contributed by atoms with Crippen molar-refractivity contribution in [3.63, 3.8) is 0 Å². The van der Waals surface area contributed by atoms with E-state index in [2.05, 4.69) is 72.7 Å². The van der Waals surface area contributed by atoms with Crippen molar-refractivity contribution in [2.24, 2.45) is 9.98 Å². The lowest BCUT2D eigenvalue weighted by atomic mass is 10.1. The number of hydrogen-bond donors (Lipinski definition) is 1. The summed E-state index contributed by atoms with van der Waals surface area (Å²) in [7, 11) is 0. The topological polar surface area (TPSA) is 49.6 Å². The van der Waals surface area contributed by atoms with Crippen LogP contribution >= 0.6 is 0 Å². The van der Waals surface area contributed by atoms with Crippen LogP contribution < -0.4 is 5.32 Å². The molecule has 0 amide bonds. The molecule has 0 saturated carbocycles. The summed E-state index contributed by atoms with van der Waals surface area (Å²) >= 11 is 0. The van der Waals surface area contributed by atoms with Crippen molar-refractivity contribution in [3.8, 4) is 0 Å². The number of hydrogen-bond acceptors (Lipinski definition) is 4. The van der Waals surface area contributed by atoms with Crippen molar-refractivity contribution in [2.75, 3.05) is 0 Å². The van der Waals surface area contributed by atoms with Gasteiger partial charge in [0.15, 0.2) is 5.84 Å². The summed E-state index contributed by atoms with van der Waals surface area (Å²) in [5, 5.41) is 3.48. The summed E-state index contributed by atoms with van der Waals surface area (Å²) in [4.78, 5) is 14.0. The zero-order valence-electron chi connectivity index (χ0n) is 15.8. The first-order valence-corrected chi connectivity index (χ1v) is 9.08. The van der Waals surface area contributed by atoms with Gasteiger partial charge in [-0.15, -0.1) is 0 Å². The van der Waals surface area contributed by atoms with Crippen LogP contribution in [0.2, 0.25) is 0 Å². The molecule has 3 aromatic rings. The second kappa shape index (κ2) is 7.16. The maximum atomic E-state index is 4.85. The van der Waals surface area contributed by atoms with Gasteiger partial charge in [0.25, 0.3) is 0 Å². The van der Waals surface area contributed by atoms with E-state index in [9.17, 15) is 0 Å². The first-order valence-electron chi connectivity index (χ1n) is 9.08. The average molecular weight is 354 g/mol. The number of benzene rings is 2. The summed E-state index contributed by atoms with van der Waals surface area (Å²) in [6.45, 7) is 6.15. The van der Waals surface area contributed by atoms with Crippen LogP contribution in [-0.2, 0) is 0 Å². The van der Waals surface area contributed by atoms with Gasteiger partial charge < -0.3 is 5.32 Å². The first kappa shape index (κ1) is 17.2. The molecule has 0 aliphatic carbocycles. The summed E-state index contributed by atoms with van der Waals surface area (Å²) in [6.07, 6.45) is 1.65. The third-order valence-corrected chi connectivity index (χ3v) is 4.63. The highest BCUT2D eigenvalue weighted by Crippen LogP contribution is 2.22. The fourth-order valence-corrected chi connectivity index (χ4v) is 2.96. The van der Waals surface area contributed by atoms with E-state index in [4.69, 9.17) is 9.98 Å². The molecule has 134 valence electrons. The second-order valence-corrected chi connectivity index (χ2v) is 6.92. The highest BCUT2D eigenvalue weighted by molar-refractivity contribution is 6.12. The Balaban J connectivity index is 1.77. The maximum absolute atomic E-state index is 4.85. The monoisotopic (exact) mass is 354 g/mol. The van der Waals surface area contributed by atoms with Crippen LogP contribution in [0.1, 0.15) is 39.7 Å². The minimum absolute atomic E-state index is 0.185. The number of aromatic nitrogens is 1. The van der Waals surface area contributed by atoms with Crippen LogP contribution in [-0.4, -0.2) is 16.7 Å². The van der Waals surface area contributed by atoms with Crippen molar-refractivity contribution in [1.82, 2.24) is 10.3 Å². The predicted octanol–water partition coefficient (Wildman–Crippen LogP) is 4.50. The van der Waals surface area contributed by atoms with Crippen molar-refractivity contribution >= 4 is 11.7 Å². The van der Waals surface area contributed by atoms with Gasteiger partial charge in [0, 0.05) is 23.0 Å². The van der Waals surface area contributed by atoms with Crippen LogP contribution in [0.5, 0.6) is 0 Å². The summed E-state index contributed by atoms with van der Waals surface area (Å²) in [5.74, 6) is 1.52. The molecular weight excluding hydrogens is 332 g/mol. The van der Waals surface area contributed by atoms with E-state index in [0.29, 0.717) is 5.84 Å². The average Bonchev–Trinajstić information content (AvgIpc) is 2.69. The smallest absolute Gasteiger partial charge is 0.160 e. The Morgan fingerprint density at radius 2 is 1.37 bits per heavy atom. The molecule has 2 heterocycles.